The third-order valence-corrected chi connectivity index (χ3v) is 3.88. The summed E-state index contributed by atoms with van der Waals surface area (Å²) in [6.07, 6.45) is -2.73. The van der Waals surface area contributed by atoms with Gasteiger partial charge in [0.25, 0.3) is 11.8 Å². The van der Waals surface area contributed by atoms with Gasteiger partial charge < -0.3 is 14.7 Å². The van der Waals surface area contributed by atoms with E-state index in [2.05, 4.69) is 20.3 Å². The van der Waals surface area contributed by atoms with E-state index in [9.17, 15) is 13.2 Å². The van der Waals surface area contributed by atoms with Crippen LogP contribution in [0.4, 0.5) is 18.9 Å². The number of hydrogen-bond acceptors (Lipinski definition) is 7. The fourth-order valence-electron chi connectivity index (χ4n) is 2.52. The van der Waals surface area contributed by atoms with Gasteiger partial charge in [0.1, 0.15) is 5.82 Å². The molecule has 142 valence electrons. The van der Waals surface area contributed by atoms with E-state index < -0.39 is 18.1 Å². The van der Waals surface area contributed by atoms with E-state index in [1.165, 1.54) is 12.1 Å². The Labute approximate surface area is 156 Å². The third kappa shape index (κ3) is 3.56. The summed E-state index contributed by atoms with van der Waals surface area (Å²) in [4.78, 5) is 4.27. The maximum atomic E-state index is 14.4. The second-order valence-corrected chi connectivity index (χ2v) is 5.87. The van der Waals surface area contributed by atoms with Crippen molar-refractivity contribution in [2.75, 3.05) is 5.73 Å². The molecule has 2 heterocycles. The molecule has 4 aromatic rings. The van der Waals surface area contributed by atoms with Crippen LogP contribution in [0.15, 0.2) is 51.4 Å². The first-order valence-electron chi connectivity index (χ1n) is 8.08. The normalized spacial score (nSPS) is 11.3. The number of aromatic nitrogens is 4. The Hall–Kier alpha value is -3.69. The van der Waals surface area contributed by atoms with Crippen molar-refractivity contribution in [1.82, 2.24) is 20.3 Å². The van der Waals surface area contributed by atoms with Crippen LogP contribution in [0.3, 0.4) is 0 Å². The minimum absolute atomic E-state index is 0.0729. The van der Waals surface area contributed by atoms with Gasteiger partial charge in [-0.3, -0.25) is 0 Å². The van der Waals surface area contributed by atoms with Crippen LogP contribution < -0.4 is 5.73 Å². The van der Waals surface area contributed by atoms with Crippen LogP contribution in [0.2, 0.25) is 0 Å². The summed E-state index contributed by atoms with van der Waals surface area (Å²) in [7, 11) is 0. The average molecular weight is 387 g/mol. The van der Waals surface area contributed by atoms with Gasteiger partial charge in [-0.25, -0.2) is 4.39 Å². The Bertz CT molecular complexity index is 1110. The molecule has 0 saturated heterocycles. The first kappa shape index (κ1) is 17.7. The van der Waals surface area contributed by atoms with Crippen LogP contribution in [0.1, 0.15) is 23.8 Å². The summed E-state index contributed by atoms with van der Waals surface area (Å²) in [5, 5.41) is 10.5. The summed E-state index contributed by atoms with van der Waals surface area (Å²) in [5.74, 6) is -1.20. The zero-order valence-electron chi connectivity index (χ0n) is 14.1. The highest BCUT2D eigenvalue weighted by Crippen LogP contribution is 2.26. The molecule has 7 nitrogen and oxygen atoms in total. The Morgan fingerprint density at radius 1 is 1.04 bits per heavy atom. The highest BCUT2D eigenvalue weighted by Gasteiger charge is 2.19. The van der Waals surface area contributed by atoms with Crippen molar-refractivity contribution in [3.63, 3.8) is 0 Å². The quantitative estimate of drug-likeness (QED) is 0.516. The molecule has 28 heavy (non-hydrogen) atoms. The van der Waals surface area contributed by atoms with Crippen molar-refractivity contribution in [2.24, 2.45) is 0 Å². The topological polar surface area (TPSA) is 104 Å². The molecule has 0 atom stereocenters. The molecule has 0 aliphatic heterocycles. The molecular formula is C18H12F3N5O2. The van der Waals surface area contributed by atoms with Gasteiger partial charge in [-0.15, -0.1) is 10.2 Å². The van der Waals surface area contributed by atoms with E-state index in [0.717, 1.165) is 5.56 Å². The number of hydrogen-bond donors (Lipinski definition) is 1. The Kier molecular flexibility index (Phi) is 4.52. The standard InChI is InChI=1S/C18H12F3N5O2/c19-13-7-9(1-6-12(13)17-24-25-18(27-17)15(20)21)8-14-23-16(26-28-14)10-2-4-11(22)5-3-10/h1-7,15H,8,22H2. The van der Waals surface area contributed by atoms with Crippen LogP contribution in [-0.2, 0) is 6.42 Å². The molecule has 0 bridgehead atoms. The number of rotatable bonds is 5. The van der Waals surface area contributed by atoms with Gasteiger partial charge in [-0.2, -0.15) is 13.8 Å². The lowest BCUT2D eigenvalue weighted by molar-refractivity contribution is 0.116. The minimum atomic E-state index is -2.92. The zero-order chi connectivity index (χ0) is 19.7. The fraction of sp³-hybridized carbons (Fsp3) is 0.111. The minimum Gasteiger partial charge on any atom is -0.415 e. The lowest BCUT2D eigenvalue weighted by Gasteiger charge is -2.01. The van der Waals surface area contributed by atoms with Crippen molar-refractivity contribution in [3.05, 3.63) is 65.6 Å². The molecule has 0 amide bonds. The smallest absolute Gasteiger partial charge is 0.314 e. The van der Waals surface area contributed by atoms with Crippen LogP contribution in [-0.4, -0.2) is 20.3 Å². The van der Waals surface area contributed by atoms with Gasteiger partial charge in [0.15, 0.2) is 0 Å². The Balaban J connectivity index is 1.53. The van der Waals surface area contributed by atoms with E-state index >= 15 is 0 Å². The first-order chi connectivity index (χ1) is 13.5. The fourth-order valence-corrected chi connectivity index (χ4v) is 2.52. The van der Waals surface area contributed by atoms with E-state index in [4.69, 9.17) is 14.7 Å². The molecule has 10 heteroatoms. The molecule has 0 saturated carbocycles. The zero-order valence-corrected chi connectivity index (χ0v) is 14.1. The predicted octanol–water partition coefficient (Wildman–Crippen LogP) is 4.04. The second-order valence-electron chi connectivity index (χ2n) is 5.87. The van der Waals surface area contributed by atoms with Crippen molar-refractivity contribution in [1.29, 1.82) is 0 Å². The molecule has 4 rings (SSSR count). The molecular weight excluding hydrogens is 375 g/mol. The number of benzene rings is 2. The van der Waals surface area contributed by atoms with Crippen LogP contribution in [0, 0.1) is 5.82 Å². The van der Waals surface area contributed by atoms with Crippen LogP contribution >= 0.6 is 0 Å². The predicted molar refractivity (Wildman–Crippen MR) is 91.6 cm³/mol. The Morgan fingerprint density at radius 2 is 1.82 bits per heavy atom. The number of nitrogen functional groups attached to an aromatic ring is 1. The number of nitrogens with two attached hydrogens (primary N) is 1. The number of halogens is 3. The van der Waals surface area contributed by atoms with Crippen LogP contribution in [0.25, 0.3) is 22.8 Å². The van der Waals surface area contributed by atoms with E-state index in [-0.39, 0.29) is 23.8 Å². The molecule has 0 spiro atoms. The van der Waals surface area contributed by atoms with E-state index in [1.54, 1.807) is 30.3 Å². The third-order valence-electron chi connectivity index (χ3n) is 3.88. The number of nitrogens with zero attached hydrogens (tertiary/aromatic N) is 4. The largest absolute Gasteiger partial charge is 0.415 e. The Morgan fingerprint density at radius 3 is 2.50 bits per heavy atom. The average Bonchev–Trinajstić information content (AvgIpc) is 3.32. The van der Waals surface area contributed by atoms with Gasteiger partial charge in [0, 0.05) is 11.3 Å². The summed E-state index contributed by atoms with van der Waals surface area (Å²) in [6.45, 7) is 0. The summed E-state index contributed by atoms with van der Waals surface area (Å²) >= 11 is 0. The molecule has 0 fully saturated rings. The summed E-state index contributed by atoms with van der Waals surface area (Å²) < 4.78 is 49.4. The maximum absolute atomic E-state index is 14.4. The monoisotopic (exact) mass is 387 g/mol. The van der Waals surface area contributed by atoms with Crippen molar-refractivity contribution in [2.45, 2.75) is 12.8 Å². The van der Waals surface area contributed by atoms with Gasteiger partial charge in [0.05, 0.1) is 12.0 Å². The molecule has 0 unspecified atom stereocenters. The lowest BCUT2D eigenvalue weighted by Crippen LogP contribution is -1.92. The SMILES string of the molecule is Nc1ccc(-c2noc(Cc3ccc(-c4nnc(C(F)F)o4)c(F)c3)n2)cc1. The van der Waals surface area contributed by atoms with Crippen molar-refractivity contribution in [3.8, 4) is 22.8 Å². The number of alkyl halides is 2. The molecule has 0 aliphatic rings. The molecule has 0 aliphatic carbocycles. The van der Waals surface area contributed by atoms with E-state index in [1.807, 2.05) is 0 Å². The van der Waals surface area contributed by atoms with Crippen molar-refractivity contribution >= 4 is 5.69 Å². The van der Waals surface area contributed by atoms with Crippen molar-refractivity contribution < 1.29 is 22.1 Å². The summed E-state index contributed by atoms with van der Waals surface area (Å²) in [5.41, 5.74) is 7.46. The maximum Gasteiger partial charge on any atom is 0.314 e. The van der Waals surface area contributed by atoms with Gasteiger partial charge in [0.2, 0.25) is 11.7 Å². The van der Waals surface area contributed by atoms with Gasteiger partial charge in [-0.05, 0) is 42.0 Å². The molecule has 2 aromatic carbocycles. The molecule has 0 radical (unpaired) electrons. The highest BCUT2D eigenvalue weighted by molar-refractivity contribution is 5.58. The lowest BCUT2D eigenvalue weighted by atomic mass is 10.1. The van der Waals surface area contributed by atoms with E-state index in [0.29, 0.717) is 17.1 Å². The molecule has 2 N–H and O–H groups in total. The summed E-state index contributed by atoms with van der Waals surface area (Å²) in [6, 6.07) is 11.1. The second kappa shape index (κ2) is 7.14. The molecule has 2 aromatic heterocycles. The highest BCUT2D eigenvalue weighted by atomic mass is 19.3. The van der Waals surface area contributed by atoms with Gasteiger partial charge >= 0.3 is 6.43 Å². The number of anilines is 1. The first-order valence-corrected chi connectivity index (χ1v) is 8.08. The van der Waals surface area contributed by atoms with Gasteiger partial charge in [-0.1, -0.05) is 11.2 Å². The van der Waals surface area contributed by atoms with Crippen LogP contribution in [0.5, 0.6) is 0 Å².